The van der Waals surface area contributed by atoms with Crippen molar-refractivity contribution in [3.05, 3.63) is 41.5 Å². The number of esters is 1. The second kappa shape index (κ2) is 4.29. The Hall–Kier alpha value is -2.43. The van der Waals surface area contributed by atoms with Crippen LogP contribution in [0.4, 0.5) is 0 Å². The summed E-state index contributed by atoms with van der Waals surface area (Å²) in [7, 11) is 6.06. The zero-order chi connectivity index (χ0) is 15.5. The number of benzene rings is 2. The molecule has 108 valence electrons. The molecule has 4 rings (SSSR count). The van der Waals surface area contributed by atoms with E-state index in [4.69, 9.17) is 22.1 Å². The normalized spacial score (nSPS) is 25.7. The predicted octanol–water partition coefficient (Wildman–Crippen LogP) is 3.03. The van der Waals surface area contributed by atoms with Crippen molar-refractivity contribution in [1.29, 1.82) is 0 Å². The summed E-state index contributed by atoms with van der Waals surface area (Å²) in [6.07, 6.45) is 2.90. The number of hydrogen-bond donors (Lipinski definition) is 0. The molecule has 2 unspecified atom stereocenters. The maximum absolute atomic E-state index is 12.4. The fourth-order valence-electron chi connectivity index (χ4n) is 2.89. The quantitative estimate of drug-likeness (QED) is 0.553. The molecule has 4 nitrogen and oxygen atoms in total. The van der Waals surface area contributed by atoms with Gasteiger partial charge in [0.1, 0.15) is 24.9 Å². The van der Waals surface area contributed by atoms with Gasteiger partial charge in [-0.25, -0.2) is 4.79 Å². The predicted molar refractivity (Wildman–Crippen MR) is 83.3 cm³/mol. The average molecular weight is 292 g/mol. The summed E-state index contributed by atoms with van der Waals surface area (Å²) in [4.78, 5) is 12.4. The Morgan fingerprint density at radius 1 is 1.14 bits per heavy atom. The van der Waals surface area contributed by atoms with Crippen LogP contribution in [-0.4, -0.2) is 25.6 Å². The summed E-state index contributed by atoms with van der Waals surface area (Å²) >= 11 is 0. The van der Waals surface area contributed by atoms with Gasteiger partial charge in [-0.15, -0.1) is 0 Å². The largest absolute Gasteiger partial charge is 0.492 e. The van der Waals surface area contributed by atoms with Crippen molar-refractivity contribution in [2.24, 2.45) is 0 Å². The molecular formula is C17H13BO4. The molecule has 22 heavy (non-hydrogen) atoms. The van der Waals surface area contributed by atoms with Crippen LogP contribution >= 0.6 is 0 Å². The highest BCUT2D eigenvalue weighted by atomic mass is 16.7. The van der Waals surface area contributed by atoms with E-state index in [1.54, 1.807) is 26.0 Å². The van der Waals surface area contributed by atoms with Crippen molar-refractivity contribution in [1.82, 2.24) is 0 Å². The van der Waals surface area contributed by atoms with Gasteiger partial charge in [0.05, 0.1) is 5.50 Å². The van der Waals surface area contributed by atoms with Crippen LogP contribution < -0.4 is 9.47 Å². The first-order valence-electron chi connectivity index (χ1n) is 7.10. The molecule has 0 saturated carbocycles. The van der Waals surface area contributed by atoms with Gasteiger partial charge >= 0.3 is 5.97 Å². The summed E-state index contributed by atoms with van der Waals surface area (Å²) in [6, 6.07) is 7.63. The highest BCUT2D eigenvalue weighted by molar-refractivity contribution is 6.17. The van der Waals surface area contributed by atoms with Gasteiger partial charge < -0.3 is 14.2 Å². The Kier molecular flexibility index (Phi) is 2.58. The van der Waals surface area contributed by atoms with E-state index in [0.717, 1.165) is 10.8 Å². The van der Waals surface area contributed by atoms with Gasteiger partial charge in [-0.3, -0.25) is 0 Å². The van der Waals surface area contributed by atoms with Crippen molar-refractivity contribution in [3.63, 3.8) is 0 Å². The third-order valence-electron chi connectivity index (χ3n) is 3.82. The highest BCUT2D eigenvalue weighted by Gasteiger charge is 2.35. The molecule has 0 amide bonds. The second-order valence-corrected chi connectivity index (χ2v) is 5.70. The van der Waals surface area contributed by atoms with Crippen LogP contribution in [-0.2, 0) is 4.74 Å². The van der Waals surface area contributed by atoms with Crippen LogP contribution in [0.3, 0.4) is 0 Å². The number of rotatable bonds is 0. The summed E-state index contributed by atoms with van der Waals surface area (Å²) < 4.78 is 16.9. The molecule has 2 aliphatic rings. The molecule has 2 aliphatic heterocycles. The van der Waals surface area contributed by atoms with Gasteiger partial charge in [0, 0.05) is 23.3 Å². The summed E-state index contributed by atoms with van der Waals surface area (Å²) in [5.41, 5.74) is 0.114. The van der Waals surface area contributed by atoms with E-state index in [9.17, 15) is 4.79 Å². The van der Waals surface area contributed by atoms with Crippen molar-refractivity contribution >= 4 is 30.7 Å². The zero-order valence-electron chi connectivity index (χ0n) is 12.3. The summed E-state index contributed by atoms with van der Waals surface area (Å²) in [6.45, 7) is 3.45. The minimum absolute atomic E-state index is 0.388. The lowest BCUT2D eigenvalue weighted by Crippen LogP contribution is -2.34. The van der Waals surface area contributed by atoms with E-state index in [0.29, 0.717) is 22.6 Å². The Labute approximate surface area is 129 Å². The molecule has 0 bridgehead atoms. The average Bonchev–Trinajstić information content (AvgIpc) is 2.46. The van der Waals surface area contributed by atoms with E-state index in [2.05, 4.69) is 0 Å². The lowest BCUT2D eigenvalue weighted by atomic mass is 9.80. The van der Waals surface area contributed by atoms with E-state index in [1.165, 1.54) is 0 Å². The lowest BCUT2D eigenvalue weighted by Gasteiger charge is -2.33. The van der Waals surface area contributed by atoms with Crippen molar-refractivity contribution in [2.45, 2.75) is 25.6 Å². The third kappa shape index (κ3) is 1.82. The minimum atomic E-state index is -0.920. The van der Waals surface area contributed by atoms with E-state index < -0.39 is 17.8 Å². The van der Waals surface area contributed by atoms with Crippen LogP contribution in [0, 0.1) is 0 Å². The summed E-state index contributed by atoms with van der Waals surface area (Å²) in [5, 5.41) is 1.67. The van der Waals surface area contributed by atoms with Gasteiger partial charge in [-0.05, 0) is 6.92 Å². The molecule has 2 radical (unpaired) electrons. The monoisotopic (exact) mass is 292 g/mol. The first kappa shape index (κ1) is 13.3. The molecule has 0 saturated heterocycles. The van der Waals surface area contributed by atoms with Gasteiger partial charge in [-0.1, -0.05) is 36.4 Å². The maximum atomic E-state index is 12.4. The topological polar surface area (TPSA) is 44.8 Å². The molecule has 2 heterocycles. The number of carbonyl (C=O) groups is 1. The number of cyclic esters (lactones) is 1. The van der Waals surface area contributed by atoms with Crippen LogP contribution in [0.5, 0.6) is 11.5 Å². The lowest BCUT2D eigenvalue weighted by molar-refractivity contribution is -0.0481. The number of ether oxygens (including phenoxy) is 3. The molecule has 0 N–H and O–H groups in total. The van der Waals surface area contributed by atoms with Crippen LogP contribution in [0.25, 0.3) is 16.8 Å². The molecule has 5 heteroatoms. The first-order chi connectivity index (χ1) is 10.5. The SMILES string of the molecule is [B]C1(C)C=Cc2c3c(c4ccccc4c2O1)OC(C)OC3=O. The molecular weight excluding hydrogens is 279 g/mol. The van der Waals surface area contributed by atoms with Gasteiger partial charge in [0.15, 0.2) is 0 Å². The van der Waals surface area contributed by atoms with Crippen LogP contribution in [0.1, 0.15) is 29.8 Å². The van der Waals surface area contributed by atoms with Gasteiger partial charge in [0.2, 0.25) is 6.29 Å². The number of fused-ring (bicyclic) bond motifs is 6. The smallest absolute Gasteiger partial charge is 0.345 e. The number of carbonyl (C=O) groups excluding carboxylic acids is 1. The number of hydrogen-bond acceptors (Lipinski definition) is 4. The Balaban J connectivity index is 2.13. The maximum Gasteiger partial charge on any atom is 0.345 e. The van der Waals surface area contributed by atoms with E-state index >= 15 is 0 Å². The highest BCUT2D eigenvalue weighted by Crippen LogP contribution is 2.46. The standard InChI is InChI=1S/C17H13BO4/c1-9-20-15-11-6-4-3-5-10(11)14-12(13(15)16(19)21-9)7-8-17(2,18)22-14/h3-9H,1-2H3. The zero-order valence-corrected chi connectivity index (χ0v) is 12.3. The van der Waals surface area contributed by atoms with Crippen LogP contribution in [0.15, 0.2) is 30.3 Å². The van der Waals surface area contributed by atoms with Crippen molar-refractivity contribution in [3.8, 4) is 11.5 Å². The Morgan fingerprint density at radius 2 is 1.82 bits per heavy atom. The van der Waals surface area contributed by atoms with Gasteiger partial charge in [-0.2, -0.15) is 0 Å². The summed E-state index contributed by atoms with van der Waals surface area (Å²) in [5.74, 6) is 0.702. The van der Waals surface area contributed by atoms with E-state index in [1.807, 2.05) is 24.3 Å². The fourth-order valence-corrected chi connectivity index (χ4v) is 2.89. The van der Waals surface area contributed by atoms with Gasteiger partial charge in [0.25, 0.3) is 0 Å². The van der Waals surface area contributed by atoms with Crippen LogP contribution in [0.2, 0.25) is 0 Å². The third-order valence-corrected chi connectivity index (χ3v) is 3.82. The molecule has 0 aromatic heterocycles. The molecule has 2 aromatic carbocycles. The van der Waals surface area contributed by atoms with Crippen molar-refractivity contribution < 1.29 is 19.0 Å². The molecule has 2 atom stereocenters. The molecule has 0 aliphatic carbocycles. The molecule has 0 fully saturated rings. The van der Waals surface area contributed by atoms with Crippen molar-refractivity contribution in [2.75, 3.05) is 0 Å². The first-order valence-corrected chi connectivity index (χ1v) is 7.10. The second-order valence-electron chi connectivity index (χ2n) is 5.70. The fraction of sp³-hybridized carbons (Fsp3) is 0.235. The minimum Gasteiger partial charge on any atom is -0.492 e. The molecule has 0 spiro atoms. The molecule has 2 aromatic rings. The Morgan fingerprint density at radius 3 is 2.55 bits per heavy atom. The van der Waals surface area contributed by atoms with E-state index in [-0.39, 0.29) is 0 Å². The Bertz CT molecular complexity index is 838.